The van der Waals surface area contributed by atoms with Crippen molar-refractivity contribution in [2.24, 2.45) is 5.92 Å². The van der Waals surface area contributed by atoms with Crippen LogP contribution in [-0.4, -0.2) is 33.9 Å². The van der Waals surface area contributed by atoms with E-state index < -0.39 is 0 Å². The van der Waals surface area contributed by atoms with E-state index in [0.29, 0.717) is 17.8 Å². The average Bonchev–Trinajstić information content (AvgIpc) is 3.10. The molecular weight excluding hydrogens is 310 g/mol. The molecule has 1 fully saturated rings. The summed E-state index contributed by atoms with van der Waals surface area (Å²) in [7, 11) is 0. The Morgan fingerprint density at radius 3 is 2.56 bits per heavy atom. The van der Waals surface area contributed by atoms with E-state index in [0.717, 1.165) is 42.0 Å². The molecule has 130 valence electrons. The van der Waals surface area contributed by atoms with Crippen molar-refractivity contribution in [3.8, 4) is 0 Å². The quantitative estimate of drug-likeness (QED) is 0.842. The molecule has 1 aliphatic carbocycles. The Hall–Kier alpha value is -2.23. The second-order valence-corrected chi connectivity index (χ2v) is 7.94. The van der Waals surface area contributed by atoms with Crippen molar-refractivity contribution in [2.45, 2.75) is 46.0 Å². The lowest BCUT2D eigenvalue weighted by molar-refractivity contribution is 0.0785. The summed E-state index contributed by atoms with van der Waals surface area (Å²) in [5, 5.41) is 0. The molecule has 2 aliphatic rings. The van der Waals surface area contributed by atoms with Crippen molar-refractivity contribution < 1.29 is 4.79 Å². The first-order chi connectivity index (χ1) is 11.9. The second kappa shape index (κ2) is 5.94. The first kappa shape index (κ1) is 16.2. The Morgan fingerprint density at radius 1 is 1.16 bits per heavy atom. The summed E-state index contributed by atoms with van der Waals surface area (Å²) in [4.78, 5) is 24.3. The number of aryl methyl sites for hydroxylation is 2. The van der Waals surface area contributed by atoms with Gasteiger partial charge in [-0.25, -0.2) is 9.97 Å². The third-order valence-corrected chi connectivity index (χ3v) is 5.49. The Balaban J connectivity index is 1.55. The van der Waals surface area contributed by atoms with Gasteiger partial charge >= 0.3 is 0 Å². The van der Waals surface area contributed by atoms with E-state index in [1.54, 1.807) is 0 Å². The Bertz CT molecular complexity index is 823. The Kier molecular flexibility index (Phi) is 3.86. The summed E-state index contributed by atoms with van der Waals surface area (Å²) in [6.45, 7) is 9.95. The molecule has 4 nitrogen and oxygen atoms in total. The Labute approximate surface area is 149 Å². The molecule has 2 heterocycles. The first-order valence-electron chi connectivity index (χ1n) is 9.15. The molecule has 0 radical (unpaired) electrons. The van der Waals surface area contributed by atoms with E-state index in [4.69, 9.17) is 4.98 Å². The van der Waals surface area contributed by atoms with Gasteiger partial charge < -0.3 is 4.90 Å². The third kappa shape index (κ3) is 2.84. The zero-order valence-electron chi connectivity index (χ0n) is 15.4. The zero-order valence-corrected chi connectivity index (χ0v) is 15.4. The van der Waals surface area contributed by atoms with Crippen LogP contribution < -0.4 is 0 Å². The van der Waals surface area contributed by atoms with Crippen LogP contribution in [0.2, 0.25) is 0 Å². The largest absolute Gasteiger partial charge is 0.338 e. The molecule has 1 aliphatic heterocycles. The van der Waals surface area contributed by atoms with Gasteiger partial charge in [-0.05, 0) is 43.9 Å². The normalized spacial score (nSPS) is 21.6. The number of fused-ring (bicyclic) bond motifs is 3. The van der Waals surface area contributed by atoms with E-state index in [1.807, 2.05) is 37.1 Å². The van der Waals surface area contributed by atoms with Crippen LogP contribution in [0.3, 0.4) is 0 Å². The zero-order chi connectivity index (χ0) is 17.7. The molecule has 1 amide bonds. The predicted molar refractivity (Wildman–Crippen MR) is 97.9 cm³/mol. The fourth-order valence-electron chi connectivity index (χ4n) is 4.32. The molecule has 0 spiro atoms. The highest BCUT2D eigenvalue weighted by Gasteiger charge is 2.42. The van der Waals surface area contributed by atoms with Crippen LogP contribution in [0, 0.1) is 19.8 Å². The highest BCUT2D eigenvalue weighted by Crippen LogP contribution is 2.42. The number of carbonyl (C=O) groups is 1. The number of hydrogen-bond acceptors (Lipinski definition) is 3. The number of nitrogens with zero attached hydrogens (tertiary/aromatic N) is 3. The first-order valence-corrected chi connectivity index (χ1v) is 9.15. The molecule has 1 aromatic carbocycles. The molecular formula is C21H25N3O. The Morgan fingerprint density at radius 2 is 1.88 bits per heavy atom. The number of hydrogen-bond donors (Lipinski definition) is 0. The minimum Gasteiger partial charge on any atom is -0.338 e. The lowest BCUT2D eigenvalue weighted by Gasteiger charge is -2.18. The molecule has 0 bridgehead atoms. The molecule has 4 heteroatoms. The van der Waals surface area contributed by atoms with Crippen LogP contribution >= 0.6 is 0 Å². The lowest BCUT2D eigenvalue weighted by Crippen LogP contribution is -2.29. The van der Waals surface area contributed by atoms with Crippen LogP contribution in [0.1, 0.15) is 64.2 Å². The van der Waals surface area contributed by atoms with Crippen LogP contribution in [0.4, 0.5) is 0 Å². The maximum absolute atomic E-state index is 12.9. The van der Waals surface area contributed by atoms with Gasteiger partial charge in [0.1, 0.15) is 5.82 Å². The average molecular weight is 335 g/mol. The van der Waals surface area contributed by atoms with E-state index >= 15 is 0 Å². The lowest BCUT2D eigenvalue weighted by atomic mass is 9.97. The maximum atomic E-state index is 12.9. The molecule has 4 rings (SSSR count). The van der Waals surface area contributed by atoms with Gasteiger partial charge in [-0.15, -0.1) is 0 Å². The molecule has 2 atom stereocenters. The minimum atomic E-state index is 0.155. The van der Waals surface area contributed by atoms with Crippen LogP contribution in [-0.2, 0) is 6.42 Å². The van der Waals surface area contributed by atoms with Crippen molar-refractivity contribution in [1.82, 2.24) is 14.9 Å². The van der Waals surface area contributed by atoms with Gasteiger partial charge in [-0.1, -0.05) is 31.0 Å². The molecule has 25 heavy (non-hydrogen) atoms. The second-order valence-electron chi connectivity index (χ2n) is 7.94. The summed E-state index contributed by atoms with van der Waals surface area (Å²) in [6, 6.07) is 6.10. The van der Waals surface area contributed by atoms with Gasteiger partial charge in [0, 0.05) is 42.4 Å². The van der Waals surface area contributed by atoms with Gasteiger partial charge in [-0.2, -0.15) is 0 Å². The number of likely N-dealkylation sites (tertiary alicyclic amines) is 1. The van der Waals surface area contributed by atoms with Gasteiger partial charge in [0.2, 0.25) is 0 Å². The number of rotatable bonds is 2. The fourth-order valence-corrected chi connectivity index (χ4v) is 4.32. The van der Waals surface area contributed by atoms with Gasteiger partial charge in [-0.3, -0.25) is 4.79 Å². The maximum Gasteiger partial charge on any atom is 0.253 e. The van der Waals surface area contributed by atoms with E-state index in [2.05, 4.69) is 24.9 Å². The monoisotopic (exact) mass is 335 g/mol. The highest BCUT2D eigenvalue weighted by atomic mass is 16.2. The van der Waals surface area contributed by atoms with Crippen molar-refractivity contribution in [2.75, 3.05) is 13.1 Å². The summed E-state index contributed by atoms with van der Waals surface area (Å²) in [6.07, 6.45) is 2.98. The predicted octanol–water partition coefficient (Wildman–Crippen LogP) is 3.63. The standard InChI is InChI=1S/C21H25N3O/c1-12(2)20-22-9-17-18-11-24(10-16(18)8-19(17)23-20)21(25)15-6-13(3)5-14(4)7-15/h5-7,9,12,16,18H,8,10-11H2,1-4H3/t16-,18-/m0/s1. The highest BCUT2D eigenvalue weighted by molar-refractivity contribution is 5.95. The van der Waals surface area contributed by atoms with Crippen LogP contribution in [0.5, 0.6) is 0 Å². The van der Waals surface area contributed by atoms with E-state index in [9.17, 15) is 4.79 Å². The van der Waals surface area contributed by atoms with Crippen molar-refractivity contribution in [3.05, 3.63) is 58.2 Å². The van der Waals surface area contributed by atoms with Crippen molar-refractivity contribution >= 4 is 5.91 Å². The van der Waals surface area contributed by atoms with Crippen LogP contribution in [0.25, 0.3) is 0 Å². The smallest absolute Gasteiger partial charge is 0.253 e. The van der Waals surface area contributed by atoms with Crippen molar-refractivity contribution in [1.29, 1.82) is 0 Å². The molecule has 0 unspecified atom stereocenters. The number of aromatic nitrogens is 2. The molecule has 1 aromatic heterocycles. The summed E-state index contributed by atoms with van der Waals surface area (Å²) >= 11 is 0. The summed E-state index contributed by atoms with van der Waals surface area (Å²) < 4.78 is 0. The fraction of sp³-hybridized carbons (Fsp3) is 0.476. The molecule has 2 aromatic rings. The number of amides is 1. The van der Waals surface area contributed by atoms with E-state index in [1.165, 1.54) is 11.3 Å². The minimum absolute atomic E-state index is 0.155. The van der Waals surface area contributed by atoms with Gasteiger partial charge in [0.05, 0.1) is 0 Å². The van der Waals surface area contributed by atoms with Gasteiger partial charge in [0.15, 0.2) is 0 Å². The summed E-state index contributed by atoms with van der Waals surface area (Å²) in [5.74, 6) is 2.32. The van der Waals surface area contributed by atoms with Gasteiger partial charge in [0.25, 0.3) is 5.91 Å². The van der Waals surface area contributed by atoms with Crippen LogP contribution in [0.15, 0.2) is 24.4 Å². The van der Waals surface area contributed by atoms with Crippen molar-refractivity contribution in [3.63, 3.8) is 0 Å². The third-order valence-electron chi connectivity index (χ3n) is 5.49. The molecule has 0 saturated carbocycles. The topological polar surface area (TPSA) is 46.1 Å². The molecule has 1 saturated heterocycles. The summed E-state index contributed by atoms with van der Waals surface area (Å²) in [5.41, 5.74) is 5.55. The number of carbonyl (C=O) groups excluding carboxylic acids is 1. The number of benzene rings is 1. The SMILES string of the molecule is Cc1cc(C)cc(C(=O)N2C[C@@H]3Cc4nc(C(C)C)ncc4[C@H]3C2)c1. The van der Waals surface area contributed by atoms with E-state index in [-0.39, 0.29) is 5.91 Å². The molecule has 0 N–H and O–H groups in total.